The van der Waals surface area contributed by atoms with Crippen LogP contribution in [0.3, 0.4) is 0 Å². The van der Waals surface area contributed by atoms with E-state index >= 15 is 0 Å². The zero-order valence-corrected chi connectivity index (χ0v) is 26.8. The predicted octanol–water partition coefficient (Wildman–Crippen LogP) is 7.77. The summed E-state index contributed by atoms with van der Waals surface area (Å²) >= 11 is 0. The third-order valence-electron chi connectivity index (χ3n) is 10.3. The van der Waals surface area contributed by atoms with Crippen LogP contribution in [0.15, 0.2) is 115 Å². The van der Waals surface area contributed by atoms with Crippen molar-refractivity contribution in [3.8, 4) is 0 Å². The Morgan fingerprint density at radius 2 is 1.20 bits per heavy atom. The molecule has 0 aromatic heterocycles. The van der Waals surface area contributed by atoms with E-state index in [2.05, 4.69) is 104 Å². The molecule has 0 bridgehead atoms. The Labute approximate surface area is 271 Å². The molecule has 2 fully saturated rings. The molecule has 0 radical (unpaired) electrons. The summed E-state index contributed by atoms with van der Waals surface area (Å²) in [5, 5.41) is 0. The number of benzene rings is 4. The summed E-state index contributed by atoms with van der Waals surface area (Å²) in [5.41, 5.74) is 6.08. The van der Waals surface area contributed by atoms with Crippen molar-refractivity contribution in [2.24, 2.45) is 11.8 Å². The molecule has 5 nitrogen and oxygen atoms in total. The van der Waals surface area contributed by atoms with Gasteiger partial charge in [0.15, 0.2) is 0 Å². The second-order valence-corrected chi connectivity index (χ2v) is 13.6. The van der Waals surface area contributed by atoms with Gasteiger partial charge in [0.25, 0.3) is 0 Å². The normalized spacial score (nSPS) is 20.6. The summed E-state index contributed by atoms with van der Waals surface area (Å²) in [7, 11) is 0. The van der Waals surface area contributed by atoms with Gasteiger partial charge < -0.3 is 4.90 Å². The van der Waals surface area contributed by atoms with E-state index in [9.17, 15) is 14.4 Å². The molecule has 3 amide bonds. The van der Waals surface area contributed by atoms with Gasteiger partial charge in [0.05, 0.1) is 28.5 Å². The Morgan fingerprint density at radius 3 is 1.67 bits per heavy atom. The number of likely N-dealkylation sites (tertiary alicyclic amines) is 1. The first-order valence-electron chi connectivity index (χ1n) is 16.4. The molecule has 2 atom stereocenters. The predicted molar refractivity (Wildman–Crippen MR) is 182 cm³/mol. The van der Waals surface area contributed by atoms with E-state index in [1.54, 1.807) is 4.90 Å². The van der Waals surface area contributed by atoms with E-state index in [1.165, 1.54) is 4.90 Å². The molecule has 0 N–H and O–H groups in total. The number of fused-ring (bicyclic) bond motifs is 2. The Morgan fingerprint density at radius 1 is 0.717 bits per heavy atom. The minimum atomic E-state index is -0.649. The van der Waals surface area contributed by atoms with Gasteiger partial charge in [0.2, 0.25) is 17.7 Å². The highest BCUT2D eigenvalue weighted by atomic mass is 16.2. The lowest BCUT2D eigenvalue weighted by molar-refractivity contribution is -0.143. The standard InChI is InChI=1S/C41H40N2O3/c1-28-26-40(2,3)43(37(44)27-42-38(45)33-21-13-14-22-34(33)39(42)46)36-24-23-32(25-35(28)36)41(29-15-7-4-8-16-29,30-17-9-5-10-18-30)31-19-11-6-12-20-31/h4-12,15-20,23-26,33-34H,13-14,21-22,27H2,1-3H3/t33-,34-/m0/s1. The fourth-order valence-electron chi connectivity index (χ4n) is 8.38. The van der Waals surface area contributed by atoms with E-state index < -0.39 is 11.0 Å². The Kier molecular flexibility index (Phi) is 7.51. The van der Waals surface area contributed by atoms with Crippen molar-refractivity contribution in [2.45, 2.75) is 57.4 Å². The molecular weight excluding hydrogens is 568 g/mol. The summed E-state index contributed by atoms with van der Waals surface area (Å²) in [6.07, 6.45) is 5.50. The van der Waals surface area contributed by atoms with Crippen LogP contribution in [0, 0.1) is 11.8 Å². The van der Waals surface area contributed by atoms with E-state index in [4.69, 9.17) is 0 Å². The van der Waals surface area contributed by atoms with Crippen molar-refractivity contribution in [1.82, 2.24) is 4.90 Å². The number of hydrogen-bond donors (Lipinski definition) is 0. The number of rotatable bonds is 6. The molecule has 1 saturated heterocycles. The van der Waals surface area contributed by atoms with Gasteiger partial charge in [-0.2, -0.15) is 0 Å². The van der Waals surface area contributed by atoms with Crippen LogP contribution in [0.25, 0.3) is 5.57 Å². The topological polar surface area (TPSA) is 57.7 Å². The number of amides is 3. The van der Waals surface area contributed by atoms with Crippen molar-refractivity contribution >= 4 is 29.0 Å². The summed E-state index contributed by atoms with van der Waals surface area (Å²) in [4.78, 5) is 43.9. The molecule has 46 heavy (non-hydrogen) atoms. The molecule has 4 aromatic rings. The van der Waals surface area contributed by atoms with Crippen LogP contribution in [0.5, 0.6) is 0 Å². The second-order valence-electron chi connectivity index (χ2n) is 13.6. The van der Waals surface area contributed by atoms with E-state index in [0.717, 1.165) is 64.8 Å². The monoisotopic (exact) mass is 608 g/mol. The maximum Gasteiger partial charge on any atom is 0.247 e. The molecule has 2 aliphatic heterocycles. The Hall–Kier alpha value is -4.77. The third-order valence-corrected chi connectivity index (χ3v) is 10.3. The first kappa shape index (κ1) is 29.9. The molecule has 1 aliphatic carbocycles. The fourth-order valence-corrected chi connectivity index (χ4v) is 8.38. The summed E-state index contributed by atoms with van der Waals surface area (Å²) in [5.74, 6) is -1.16. The van der Waals surface area contributed by atoms with Crippen LogP contribution in [0.2, 0.25) is 0 Å². The van der Waals surface area contributed by atoms with Crippen LogP contribution >= 0.6 is 0 Å². The van der Waals surface area contributed by atoms with Crippen molar-refractivity contribution < 1.29 is 14.4 Å². The number of allylic oxidation sites excluding steroid dienone is 1. The highest BCUT2D eigenvalue weighted by Gasteiger charge is 2.50. The van der Waals surface area contributed by atoms with Gasteiger partial charge in [0.1, 0.15) is 6.54 Å². The largest absolute Gasteiger partial charge is 0.301 e. The lowest BCUT2D eigenvalue weighted by Crippen LogP contribution is -2.53. The smallest absolute Gasteiger partial charge is 0.247 e. The summed E-state index contributed by atoms with van der Waals surface area (Å²) in [6, 6.07) is 38.1. The number of imide groups is 1. The van der Waals surface area contributed by atoms with Crippen LogP contribution in [-0.4, -0.2) is 34.7 Å². The van der Waals surface area contributed by atoms with E-state index in [1.807, 2.05) is 32.0 Å². The quantitative estimate of drug-likeness (QED) is 0.166. The molecule has 0 spiro atoms. The van der Waals surface area contributed by atoms with Gasteiger partial charge in [-0.1, -0.05) is 116 Å². The SMILES string of the molecule is CC1=CC(C)(C)N(C(=O)CN2C(=O)[C@H]3CCCC[C@@H]3C2=O)c2ccc(C(c3ccccc3)(c3ccccc3)c3ccccc3)cc21. The molecule has 232 valence electrons. The molecule has 7 rings (SSSR count). The minimum Gasteiger partial charge on any atom is -0.301 e. The molecule has 4 aromatic carbocycles. The maximum absolute atomic E-state index is 14.2. The van der Waals surface area contributed by atoms with Gasteiger partial charge in [-0.05, 0) is 73.6 Å². The summed E-state index contributed by atoms with van der Waals surface area (Å²) in [6.45, 7) is 5.89. The highest BCUT2D eigenvalue weighted by Crippen LogP contribution is 2.48. The Balaban J connectivity index is 1.36. The van der Waals surface area contributed by atoms with Gasteiger partial charge in [-0.15, -0.1) is 0 Å². The number of nitrogens with zero attached hydrogens (tertiary/aromatic N) is 2. The van der Waals surface area contributed by atoms with E-state index in [-0.39, 0.29) is 36.1 Å². The van der Waals surface area contributed by atoms with Crippen molar-refractivity contribution in [3.63, 3.8) is 0 Å². The molecule has 0 unspecified atom stereocenters. The lowest BCUT2D eigenvalue weighted by atomic mass is 9.64. The van der Waals surface area contributed by atoms with Crippen molar-refractivity contribution in [1.29, 1.82) is 0 Å². The minimum absolute atomic E-state index is 0.182. The lowest BCUT2D eigenvalue weighted by Gasteiger charge is -2.43. The average Bonchev–Trinajstić information content (AvgIpc) is 3.31. The number of carbonyl (C=O) groups is 3. The first-order chi connectivity index (χ1) is 22.2. The molecule has 1 saturated carbocycles. The van der Waals surface area contributed by atoms with Crippen molar-refractivity contribution in [2.75, 3.05) is 11.4 Å². The number of hydrogen-bond acceptors (Lipinski definition) is 3. The first-order valence-corrected chi connectivity index (χ1v) is 16.4. The molecular formula is C41H40N2O3. The molecule has 2 heterocycles. The molecule has 5 heteroatoms. The van der Waals surface area contributed by atoms with Gasteiger partial charge >= 0.3 is 0 Å². The number of anilines is 1. The highest BCUT2D eigenvalue weighted by molar-refractivity contribution is 6.10. The fraction of sp³-hybridized carbons (Fsp3) is 0.293. The van der Waals surface area contributed by atoms with Crippen LogP contribution in [-0.2, 0) is 19.8 Å². The average molecular weight is 609 g/mol. The van der Waals surface area contributed by atoms with Crippen LogP contribution in [0.1, 0.15) is 74.3 Å². The van der Waals surface area contributed by atoms with Crippen LogP contribution < -0.4 is 4.90 Å². The van der Waals surface area contributed by atoms with Gasteiger partial charge in [-0.3, -0.25) is 19.3 Å². The number of carbonyl (C=O) groups excluding carboxylic acids is 3. The van der Waals surface area contributed by atoms with Crippen molar-refractivity contribution in [3.05, 3.63) is 143 Å². The maximum atomic E-state index is 14.2. The zero-order chi connectivity index (χ0) is 32.1. The second kappa shape index (κ2) is 11.5. The summed E-state index contributed by atoms with van der Waals surface area (Å²) < 4.78 is 0. The van der Waals surface area contributed by atoms with E-state index in [0.29, 0.717) is 0 Å². The van der Waals surface area contributed by atoms with Gasteiger partial charge in [0, 0.05) is 5.56 Å². The zero-order valence-electron chi connectivity index (χ0n) is 26.8. The van der Waals surface area contributed by atoms with Gasteiger partial charge in [-0.25, -0.2) is 0 Å². The van der Waals surface area contributed by atoms with Crippen LogP contribution in [0.4, 0.5) is 5.69 Å². The molecule has 3 aliphatic rings. The Bertz CT molecular complexity index is 1710. The third kappa shape index (κ3) is 4.72.